The number of hydrogen-bond donors (Lipinski definition) is 3. The molecule has 2 aromatic carbocycles. The number of fused-ring (bicyclic) bond motifs is 1. The van der Waals surface area contributed by atoms with Gasteiger partial charge in [0.1, 0.15) is 5.75 Å². The molecule has 11 heteroatoms. The Kier molecular flexibility index (Phi) is 4.92. The molecule has 28 heavy (non-hydrogen) atoms. The molecule has 0 fully saturated rings. The highest BCUT2D eigenvalue weighted by Crippen LogP contribution is 2.25. The number of hydrazone groups is 1. The Labute approximate surface area is 168 Å². The van der Waals surface area contributed by atoms with Crippen LogP contribution in [0, 0.1) is 0 Å². The number of benzene rings is 2. The molecule has 0 aliphatic heterocycles. The molecule has 9 nitrogen and oxygen atoms in total. The minimum absolute atomic E-state index is 0.0365. The van der Waals surface area contributed by atoms with Crippen molar-refractivity contribution in [2.24, 2.45) is 5.10 Å². The largest absolute Gasteiger partial charge is 0.507 e. The SMILES string of the molecule is Oc1ccc(Cl)cc1C=NNc1nc2nonc2nc1Nc1cccc(Cl)c1. The molecule has 140 valence electrons. The lowest BCUT2D eigenvalue weighted by molar-refractivity contribution is 0.314. The second-order valence-corrected chi connectivity index (χ2v) is 6.41. The van der Waals surface area contributed by atoms with Gasteiger partial charge in [0.15, 0.2) is 11.6 Å². The van der Waals surface area contributed by atoms with E-state index in [-0.39, 0.29) is 22.9 Å². The molecule has 0 atom stereocenters. The monoisotopic (exact) mass is 415 g/mol. The first kappa shape index (κ1) is 18.0. The van der Waals surface area contributed by atoms with E-state index in [4.69, 9.17) is 23.2 Å². The second-order valence-electron chi connectivity index (χ2n) is 5.54. The van der Waals surface area contributed by atoms with Gasteiger partial charge in [0.2, 0.25) is 11.3 Å². The Hall–Kier alpha value is -3.43. The van der Waals surface area contributed by atoms with Crippen LogP contribution >= 0.6 is 23.2 Å². The molecule has 0 aliphatic rings. The summed E-state index contributed by atoms with van der Waals surface area (Å²) in [5.74, 6) is 0.633. The van der Waals surface area contributed by atoms with Crippen LogP contribution in [0.25, 0.3) is 11.3 Å². The van der Waals surface area contributed by atoms with E-state index in [2.05, 4.69) is 40.8 Å². The van der Waals surface area contributed by atoms with E-state index in [9.17, 15) is 5.11 Å². The first-order chi connectivity index (χ1) is 13.6. The number of aromatic nitrogens is 4. The van der Waals surface area contributed by atoms with E-state index in [1.165, 1.54) is 12.3 Å². The normalized spacial score (nSPS) is 11.2. The van der Waals surface area contributed by atoms with Gasteiger partial charge in [-0.2, -0.15) is 10.1 Å². The predicted octanol–water partition coefficient (Wildman–Crippen LogP) is 4.21. The van der Waals surface area contributed by atoms with Crippen molar-refractivity contribution in [2.45, 2.75) is 0 Å². The second kappa shape index (κ2) is 7.67. The zero-order valence-electron chi connectivity index (χ0n) is 14.0. The average Bonchev–Trinajstić information content (AvgIpc) is 3.12. The smallest absolute Gasteiger partial charge is 0.245 e. The predicted molar refractivity (Wildman–Crippen MR) is 106 cm³/mol. The molecule has 0 radical (unpaired) electrons. The van der Waals surface area contributed by atoms with Gasteiger partial charge in [0, 0.05) is 21.3 Å². The van der Waals surface area contributed by atoms with Crippen molar-refractivity contribution in [1.29, 1.82) is 0 Å². The van der Waals surface area contributed by atoms with E-state index in [1.807, 2.05) is 6.07 Å². The highest BCUT2D eigenvalue weighted by molar-refractivity contribution is 6.31. The minimum atomic E-state index is 0.0365. The van der Waals surface area contributed by atoms with Crippen LogP contribution < -0.4 is 10.7 Å². The van der Waals surface area contributed by atoms with Gasteiger partial charge in [-0.05, 0) is 46.7 Å². The number of phenols is 1. The third kappa shape index (κ3) is 3.95. The Morgan fingerprint density at radius 2 is 1.71 bits per heavy atom. The summed E-state index contributed by atoms with van der Waals surface area (Å²) in [5, 5.41) is 25.4. The van der Waals surface area contributed by atoms with Crippen LogP contribution in [0.1, 0.15) is 5.56 Å². The van der Waals surface area contributed by atoms with Gasteiger partial charge in [-0.15, -0.1) is 0 Å². The van der Waals surface area contributed by atoms with E-state index >= 15 is 0 Å². The lowest BCUT2D eigenvalue weighted by Gasteiger charge is -2.09. The van der Waals surface area contributed by atoms with E-state index in [1.54, 1.807) is 30.3 Å². The summed E-state index contributed by atoms with van der Waals surface area (Å²) in [5.41, 5.74) is 4.32. The number of rotatable bonds is 5. The number of nitrogens with zero attached hydrogens (tertiary/aromatic N) is 5. The van der Waals surface area contributed by atoms with Gasteiger partial charge >= 0.3 is 0 Å². The van der Waals surface area contributed by atoms with Crippen LogP contribution in [0.2, 0.25) is 10.0 Å². The van der Waals surface area contributed by atoms with Crippen LogP contribution in [-0.4, -0.2) is 31.6 Å². The summed E-state index contributed by atoms with van der Waals surface area (Å²) in [6, 6.07) is 11.7. The van der Waals surface area contributed by atoms with Crippen LogP contribution in [0.3, 0.4) is 0 Å². The van der Waals surface area contributed by atoms with Crippen molar-refractivity contribution in [3.63, 3.8) is 0 Å². The fourth-order valence-corrected chi connectivity index (χ4v) is 2.67. The summed E-state index contributed by atoms with van der Waals surface area (Å²) in [4.78, 5) is 8.61. The third-order valence-corrected chi connectivity index (χ3v) is 4.04. The summed E-state index contributed by atoms with van der Waals surface area (Å²) in [7, 11) is 0. The Morgan fingerprint density at radius 1 is 0.964 bits per heavy atom. The van der Waals surface area contributed by atoms with Crippen molar-refractivity contribution >= 4 is 58.0 Å². The average molecular weight is 416 g/mol. The summed E-state index contributed by atoms with van der Waals surface area (Å²) in [6.07, 6.45) is 1.40. The highest BCUT2D eigenvalue weighted by atomic mass is 35.5. The lowest BCUT2D eigenvalue weighted by Crippen LogP contribution is -2.03. The van der Waals surface area contributed by atoms with Crippen molar-refractivity contribution in [3.8, 4) is 5.75 Å². The molecule has 0 unspecified atom stereocenters. The molecule has 0 spiro atoms. The highest BCUT2D eigenvalue weighted by Gasteiger charge is 2.13. The number of hydrogen-bond acceptors (Lipinski definition) is 9. The number of aromatic hydroxyl groups is 1. The Morgan fingerprint density at radius 3 is 2.50 bits per heavy atom. The van der Waals surface area contributed by atoms with E-state index in [0.717, 1.165) is 0 Å². The Balaban J connectivity index is 1.65. The molecule has 0 saturated heterocycles. The van der Waals surface area contributed by atoms with Gasteiger partial charge in [-0.1, -0.05) is 29.3 Å². The first-order valence-corrected chi connectivity index (χ1v) is 8.64. The molecule has 3 N–H and O–H groups in total. The maximum atomic E-state index is 9.86. The molecular formula is C17H11Cl2N7O2. The van der Waals surface area contributed by atoms with Crippen LogP contribution in [0.5, 0.6) is 5.75 Å². The number of nitrogens with one attached hydrogen (secondary N) is 2. The topological polar surface area (TPSA) is 121 Å². The molecule has 0 saturated carbocycles. The lowest BCUT2D eigenvalue weighted by atomic mass is 10.2. The van der Waals surface area contributed by atoms with Crippen LogP contribution in [0.15, 0.2) is 52.2 Å². The molecular weight excluding hydrogens is 405 g/mol. The third-order valence-electron chi connectivity index (χ3n) is 3.57. The van der Waals surface area contributed by atoms with Crippen LogP contribution in [-0.2, 0) is 0 Å². The molecule has 4 rings (SSSR count). The Bertz CT molecular complexity index is 1180. The summed E-state index contributed by atoms with van der Waals surface area (Å²) in [6.45, 7) is 0. The fourth-order valence-electron chi connectivity index (χ4n) is 2.30. The van der Waals surface area contributed by atoms with Gasteiger partial charge in [-0.25, -0.2) is 9.61 Å². The standard InChI is InChI=1S/C17H11Cl2N7O2/c18-10-2-1-3-12(7-10)21-14-15(23-17-16(22-14)25-28-26-17)24-20-8-9-6-11(19)4-5-13(9)27/h1-8,27H,(H,21,22,25)(H,23,24,26). The number of phenolic OH excluding ortho intramolecular Hbond substituents is 1. The van der Waals surface area contributed by atoms with Crippen molar-refractivity contribution in [2.75, 3.05) is 10.7 Å². The summed E-state index contributed by atoms with van der Waals surface area (Å²) < 4.78 is 4.66. The zero-order chi connectivity index (χ0) is 19.5. The zero-order valence-corrected chi connectivity index (χ0v) is 15.5. The first-order valence-electron chi connectivity index (χ1n) is 7.89. The number of anilines is 3. The molecule has 4 aromatic rings. The fraction of sp³-hybridized carbons (Fsp3) is 0. The van der Waals surface area contributed by atoms with Gasteiger partial charge in [0.05, 0.1) is 6.21 Å². The van der Waals surface area contributed by atoms with Crippen molar-refractivity contribution in [3.05, 3.63) is 58.1 Å². The minimum Gasteiger partial charge on any atom is -0.507 e. The molecule has 0 aliphatic carbocycles. The van der Waals surface area contributed by atoms with Crippen molar-refractivity contribution < 1.29 is 9.74 Å². The van der Waals surface area contributed by atoms with Crippen molar-refractivity contribution in [1.82, 2.24) is 20.3 Å². The molecule has 0 amide bonds. The van der Waals surface area contributed by atoms with E-state index in [0.29, 0.717) is 27.1 Å². The van der Waals surface area contributed by atoms with Gasteiger partial charge in [0.25, 0.3) is 0 Å². The van der Waals surface area contributed by atoms with Gasteiger partial charge < -0.3 is 10.4 Å². The van der Waals surface area contributed by atoms with Gasteiger partial charge in [-0.3, -0.25) is 5.43 Å². The maximum Gasteiger partial charge on any atom is 0.245 e. The van der Waals surface area contributed by atoms with Crippen LogP contribution in [0.4, 0.5) is 17.3 Å². The maximum absolute atomic E-state index is 9.86. The summed E-state index contributed by atoms with van der Waals surface area (Å²) >= 11 is 12.0. The molecule has 2 heterocycles. The quantitative estimate of drug-likeness (QED) is 0.327. The molecule has 0 bridgehead atoms. The van der Waals surface area contributed by atoms with E-state index < -0.39 is 0 Å². The molecule has 2 aromatic heterocycles. The number of halogens is 2.